The minimum atomic E-state index is -0.330. The normalized spacial score (nSPS) is 16.4. The van der Waals surface area contributed by atoms with Crippen molar-refractivity contribution in [2.24, 2.45) is 16.0 Å². The molecule has 0 saturated heterocycles. The highest BCUT2D eigenvalue weighted by Crippen LogP contribution is 2.31. The fourth-order valence-corrected chi connectivity index (χ4v) is 2.91. The van der Waals surface area contributed by atoms with Gasteiger partial charge in [0.25, 0.3) is 5.91 Å². The van der Waals surface area contributed by atoms with Gasteiger partial charge in [0, 0.05) is 29.9 Å². The zero-order chi connectivity index (χ0) is 16.7. The van der Waals surface area contributed by atoms with Crippen LogP contribution < -0.4 is 10.5 Å². The number of benzene rings is 1. The van der Waals surface area contributed by atoms with E-state index in [1.165, 1.54) is 0 Å². The van der Waals surface area contributed by atoms with Crippen LogP contribution in [-0.4, -0.2) is 28.9 Å². The Bertz CT molecular complexity index is 976. The van der Waals surface area contributed by atoms with E-state index in [4.69, 9.17) is 10.5 Å². The number of aromatic nitrogens is 2. The van der Waals surface area contributed by atoms with Gasteiger partial charge in [0.2, 0.25) is 0 Å². The van der Waals surface area contributed by atoms with Gasteiger partial charge in [-0.25, -0.2) is 4.98 Å². The molecule has 1 aromatic carbocycles. The van der Waals surface area contributed by atoms with Gasteiger partial charge in [-0.3, -0.25) is 9.20 Å². The van der Waals surface area contributed by atoms with Crippen molar-refractivity contribution in [2.75, 3.05) is 13.7 Å². The number of carbonyl (C=O) groups excluding carboxylic acids is 1. The van der Waals surface area contributed by atoms with E-state index in [2.05, 4.69) is 15.2 Å². The third kappa shape index (κ3) is 2.17. The molecule has 1 unspecified atom stereocenters. The molecular formula is C17H15N5O2. The van der Waals surface area contributed by atoms with E-state index in [1.807, 2.05) is 34.9 Å². The molecule has 0 radical (unpaired) electrons. The molecule has 24 heavy (non-hydrogen) atoms. The molecule has 7 nitrogen and oxygen atoms in total. The summed E-state index contributed by atoms with van der Waals surface area (Å²) in [5, 5.41) is 7.65. The molecule has 1 amide bonds. The number of carbonyl (C=O) groups is 1. The van der Waals surface area contributed by atoms with Gasteiger partial charge in [0.15, 0.2) is 0 Å². The fourth-order valence-electron chi connectivity index (χ4n) is 2.91. The number of amides is 1. The molecule has 7 heteroatoms. The number of rotatable bonds is 3. The number of nitrogens with zero attached hydrogens (tertiary/aromatic N) is 4. The third-order valence-electron chi connectivity index (χ3n) is 4.17. The quantitative estimate of drug-likeness (QED) is 0.802. The van der Waals surface area contributed by atoms with E-state index in [1.54, 1.807) is 19.4 Å². The summed E-state index contributed by atoms with van der Waals surface area (Å²) >= 11 is 0. The number of methoxy groups -OCH3 is 1. The Morgan fingerprint density at radius 3 is 2.96 bits per heavy atom. The van der Waals surface area contributed by atoms with Crippen LogP contribution in [0.25, 0.3) is 16.9 Å². The zero-order valence-corrected chi connectivity index (χ0v) is 13.0. The molecule has 0 spiro atoms. The molecule has 2 N–H and O–H groups in total. The van der Waals surface area contributed by atoms with Crippen LogP contribution in [0.5, 0.6) is 5.75 Å². The molecule has 0 fully saturated rings. The Hall–Kier alpha value is -3.06. The van der Waals surface area contributed by atoms with Crippen molar-refractivity contribution in [1.29, 1.82) is 0 Å². The standard InChI is InChI=1S/C17H15N5O2/c1-24-11-4-5-22-15(9-19-16(22)7-11)10-2-3-12-13(6-10)14(8-18)20-21-17(12)23/h2-7,9,14H,8,18H2,1H3. The van der Waals surface area contributed by atoms with E-state index >= 15 is 0 Å². The number of hydrogen-bond donors (Lipinski definition) is 1. The van der Waals surface area contributed by atoms with Crippen LogP contribution in [-0.2, 0) is 0 Å². The molecule has 120 valence electrons. The second kappa shape index (κ2) is 5.54. The maximum atomic E-state index is 11.9. The number of azo groups is 1. The highest BCUT2D eigenvalue weighted by atomic mass is 16.5. The summed E-state index contributed by atoms with van der Waals surface area (Å²) in [5.41, 5.74) is 9.76. The largest absolute Gasteiger partial charge is 0.497 e. The van der Waals surface area contributed by atoms with Crippen LogP contribution in [0.15, 0.2) is 53.0 Å². The summed E-state index contributed by atoms with van der Waals surface area (Å²) < 4.78 is 7.19. The lowest BCUT2D eigenvalue weighted by Gasteiger charge is -2.17. The van der Waals surface area contributed by atoms with Crippen molar-refractivity contribution < 1.29 is 9.53 Å². The van der Waals surface area contributed by atoms with Gasteiger partial charge in [0.05, 0.1) is 19.0 Å². The topological polar surface area (TPSA) is 94.3 Å². The molecule has 1 aliphatic rings. The zero-order valence-electron chi connectivity index (χ0n) is 13.0. The second-order valence-electron chi connectivity index (χ2n) is 5.51. The van der Waals surface area contributed by atoms with E-state index < -0.39 is 0 Å². The number of nitrogens with two attached hydrogens (primary N) is 1. The molecule has 0 aliphatic carbocycles. The van der Waals surface area contributed by atoms with Crippen molar-refractivity contribution >= 4 is 11.6 Å². The maximum absolute atomic E-state index is 11.9. The van der Waals surface area contributed by atoms with E-state index in [0.29, 0.717) is 12.1 Å². The van der Waals surface area contributed by atoms with Gasteiger partial charge in [-0.2, -0.15) is 5.11 Å². The first-order valence-corrected chi connectivity index (χ1v) is 7.52. The minimum Gasteiger partial charge on any atom is -0.497 e. The van der Waals surface area contributed by atoms with Crippen molar-refractivity contribution in [1.82, 2.24) is 9.38 Å². The summed E-state index contributed by atoms with van der Waals surface area (Å²) in [6, 6.07) is 9.04. The van der Waals surface area contributed by atoms with Crippen LogP contribution in [0.4, 0.5) is 0 Å². The molecule has 3 heterocycles. The SMILES string of the molecule is COc1ccn2c(-c3ccc4c(c3)C(CN)N=NC4=O)cnc2c1. The van der Waals surface area contributed by atoms with Crippen LogP contribution in [0, 0.1) is 0 Å². The lowest BCUT2D eigenvalue weighted by atomic mass is 9.95. The predicted molar refractivity (Wildman–Crippen MR) is 88.2 cm³/mol. The number of hydrogen-bond acceptors (Lipinski definition) is 5. The van der Waals surface area contributed by atoms with Gasteiger partial charge in [-0.05, 0) is 23.8 Å². The third-order valence-corrected chi connectivity index (χ3v) is 4.17. The lowest BCUT2D eigenvalue weighted by Crippen LogP contribution is -2.17. The van der Waals surface area contributed by atoms with Crippen LogP contribution in [0.1, 0.15) is 22.0 Å². The lowest BCUT2D eigenvalue weighted by molar-refractivity contribution is 0.0985. The number of fused-ring (bicyclic) bond motifs is 2. The van der Waals surface area contributed by atoms with Crippen LogP contribution in [0.2, 0.25) is 0 Å². The number of ether oxygens (including phenoxy) is 1. The first kappa shape index (κ1) is 14.5. The first-order chi connectivity index (χ1) is 11.7. The number of pyridine rings is 1. The maximum Gasteiger partial charge on any atom is 0.295 e. The van der Waals surface area contributed by atoms with Gasteiger partial charge in [0.1, 0.15) is 17.4 Å². The molecule has 1 aliphatic heterocycles. The predicted octanol–water partition coefficient (Wildman–Crippen LogP) is 2.62. The van der Waals surface area contributed by atoms with Gasteiger partial charge >= 0.3 is 0 Å². The Morgan fingerprint density at radius 2 is 2.17 bits per heavy atom. The molecule has 1 atom stereocenters. The highest BCUT2D eigenvalue weighted by Gasteiger charge is 2.23. The average molecular weight is 321 g/mol. The van der Waals surface area contributed by atoms with Crippen molar-refractivity contribution in [3.8, 4) is 17.0 Å². The van der Waals surface area contributed by atoms with Crippen molar-refractivity contribution in [3.05, 3.63) is 53.9 Å². The summed E-state index contributed by atoms with van der Waals surface area (Å²) in [6.45, 7) is 0.303. The monoisotopic (exact) mass is 321 g/mol. The molecule has 4 rings (SSSR count). The van der Waals surface area contributed by atoms with Gasteiger partial charge in [-0.1, -0.05) is 6.07 Å². The summed E-state index contributed by atoms with van der Waals surface area (Å²) in [6.07, 6.45) is 3.70. The Kier molecular flexibility index (Phi) is 3.35. The second-order valence-corrected chi connectivity index (χ2v) is 5.51. The Labute approximate surface area is 137 Å². The van der Waals surface area contributed by atoms with Gasteiger partial charge < -0.3 is 10.5 Å². The van der Waals surface area contributed by atoms with E-state index in [-0.39, 0.29) is 11.9 Å². The smallest absolute Gasteiger partial charge is 0.295 e. The molecule has 0 bridgehead atoms. The van der Waals surface area contributed by atoms with Crippen LogP contribution >= 0.6 is 0 Å². The summed E-state index contributed by atoms with van der Waals surface area (Å²) in [4.78, 5) is 16.3. The minimum absolute atomic E-state index is 0.295. The number of imidazole rings is 1. The van der Waals surface area contributed by atoms with Crippen molar-refractivity contribution in [2.45, 2.75) is 6.04 Å². The highest BCUT2D eigenvalue weighted by molar-refractivity contribution is 5.97. The van der Waals surface area contributed by atoms with Crippen LogP contribution in [0.3, 0.4) is 0 Å². The van der Waals surface area contributed by atoms with Crippen molar-refractivity contribution in [3.63, 3.8) is 0 Å². The van der Waals surface area contributed by atoms with Gasteiger partial charge in [-0.15, -0.1) is 5.11 Å². The molecular weight excluding hydrogens is 306 g/mol. The Morgan fingerprint density at radius 1 is 1.29 bits per heavy atom. The molecule has 0 saturated carbocycles. The van der Waals surface area contributed by atoms with E-state index in [9.17, 15) is 4.79 Å². The summed E-state index contributed by atoms with van der Waals surface area (Å²) in [5.74, 6) is 0.420. The molecule has 3 aromatic rings. The summed E-state index contributed by atoms with van der Waals surface area (Å²) in [7, 11) is 1.62. The Balaban J connectivity index is 1.85. The average Bonchev–Trinajstić information content (AvgIpc) is 3.04. The fraction of sp³-hybridized carbons (Fsp3) is 0.176. The molecule has 2 aromatic heterocycles. The first-order valence-electron chi connectivity index (χ1n) is 7.52. The van der Waals surface area contributed by atoms with E-state index in [0.717, 1.165) is 28.2 Å².